The fourth-order valence-electron chi connectivity index (χ4n) is 8.95. The molecule has 11 heteroatoms. The summed E-state index contributed by atoms with van der Waals surface area (Å²) in [4.78, 5) is 11.0. The first-order valence-corrected chi connectivity index (χ1v) is 21.7. The molecule has 4 heterocycles. The smallest absolute Gasteiger partial charge is 0.0576 e. The highest BCUT2D eigenvalue weighted by molar-refractivity contribution is 8.00. The van der Waals surface area contributed by atoms with Crippen molar-refractivity contribution in [3.05, 3.63) is 66.1 Å². The number of halogens is 1. The van der Waals surface area contributed by atoms with Crippen molar-refractivity contribution in [2.75, 3.05) is 59.4 Å². The number of thioether (sulfide) groups is 1. The van der Waals surface area contributed by atoms with E-state index < -0.39 is 0 Å². The van der Waals surface area contributed by atoms with Crippen molar-refractivity contribution < 1.29 is 0 Å². The van der Waals surface area contributed by atoms with Crippen LogP contribution in [0.5, 0.6) is 0 Å². The number of nitrogens with zero attached hydrogens (tertiary/aromatic N) is 2. The molecular weight excluding hydrogens is 686 g/mol. The molecule has 9 atom stereocenters. The number of aromatic nitrogens is 2. The SMILES string of the molecule is CN1C[C@H](CCCCN)NC[C@H](CCCN)NCC2CCCNC2SC2C(Cl)CC(c3ccccn3)CC2CNC[C@@H]1Cc1c[nH]c2ccccc12. The Bertz CT molecular complexity index is 1440. The van der Waals surface area contributed by atoms with Gasteiger partial charge in [0.1, 0.15) is 0 Å². The molecule has 9 nitrogen and oxygen atoms in total. The minimum absolute atomic E-state index is 0.0949. The Hall–Kier alpha value is -1.73. The maximum absolute atomic E-state index is 7.48. The fourth-order valence-corrected chi connectivity index (χ4v) is 11.3. The number of hydrogen-bond donors (Lipinski definition) is 7. The number of likely N-dealkylation sites (N-methyl/N-ethyl adjacent to an activating group) is 1. The number of pyridine rings is 1. The average Bonchev–Trinajstić information content (AvgIpc) is 3.58. The van der Waals surface area contributed by atoms with Gasteiger partial charge in [-0.1, -0.05) is 30.7 Å². The molecule has 2 saturated heterocycles. The molecule has 1 aromatic carbocycles. The molecular formula is C41H66ClN9S. The highest BCUT2D eigenvalue weighted by Crippen LogP contribution is 2.45. The van der Waals surface area contributed by atoms with E-state index in [4.69, 9.17) is 28.1 Å². The number of rotatable bonds is 10. The number of aromatic amines is 1. The lowest BCUT2D eigenvalue weighted by atomic mass is 9.78. The van der Waals surface area contributed by atoms with Gasteiger partial charge in [0.25, 0.3) is 0 Å². The van der Waals surface area contributed by atoms with Gasteiger partial charge in [-0.15, -0.1) is 23.4 Å². The second kappa shape index (κ2) is 20.8. The average molecular weight is 753 g/mol. The normalized spacial score (nSPS) is 31.8. The van der Waals surface area contributed by atoms with Crippen LogP contribution < -0.4 is 32.7 Å². The second-order valence-electron chi connectivity index (χ2n) is 15.8. The molecule has 0 amide bonds. The summed E-state index contributed by atoms with van der Waals surface area (Å²) in [6.45, 7) is 7.40. The summed E-state index contributed by atoms with van der Waals surface area (Å²) >= 11 is 9.61. The van der Waals surface area contributed by atoms with Gasteiger partial charge in [0, 0.05) is 89.8 Å². The van der Waals surface area contributed by atoms with Gasteiger partial charge >= 0.3 is 0 Å². The van der Waals surface area contributed by atoms with E-state index in [9.17, 15) is 0 Å². The van der Waals surface area contributed by atoms with Crippen LogP contribution >= 0.6 is 23.4 Å². The molecule has 3 fully saturated rings. The summed E-state index contributed by atoms with van der Waals surface area (Å²) in [7, 11) is 2.33. The molecule has 6 rings (SSSR count). The summed E-state index contributed by atoms with van der Waals surface area (Å²) in [6.07, 6.45) is 15.2. The zero-order valence-electron chi connectivity index (χ0n) is 31.5. The minimum Gasteiger partial charge on any atom is -0.361 e. The number of para-hydroxylation sites is 1. The molecule has 1 saturated carbocycles. The fraction of sp³-hybridized carbons (Fsp3) is 0.683. The quantitative estimate of drug-likeness (QED) is 0.113. The van der Waals surface area contributed by atoms with Crippen LogP contribution in [0.3, 0.4) is 0 Å². The van der Waals surface area contributed by atoms with Crippen LogP contribution in [0.25, 0.3) is 10.9 Å². The third-order valence-corrected chi connectivity index (χ3v) is 14.5. The Morgan fingerprint density at radius 3 is 2.56 bits per heavy atom. The summed E-state index contributed by atoms with van der Waals surface area (Å²) in [6, 6.07) is 16.2. The standard InChI is InChI=1S/C41H66ClN9S/c1-51-28-34(11-4-6-16-43)49-26-33(12-8-17-44)48-24-29-10-9-19-47-41(29)52-40-32(20-30(22-37(40)42)38-14-5-7-18-46-38)23-45-27-35(51)21-31-25-50-39-15-3-2-13-36(31)39/h2-3,5,7,13-15,18,25,29-30,32-35,37,40-41,45,47-50H,4,6,8-12,16-17,19-24,26-28,43-44H2,1H3/t29?,30?,32?,33-,34-,35-,37?,40?,41?/m0/s1. The number of fused-ring (bicyclic) bond motifs is 3. The first-order valence-electron chi connectivity index (χ1n) is 20.3. The van der Waals surface area contributed by atoms with Crippen LogP contribution in [0.2, 0.25) is 0 Å². The van der Waals surface area contributed by atoms with Gasteiger partial charge in [-0.2, -0.15) is 0 Å². The molecule has 2 aliphatic heterocycles. The van der Waals surface area contributed by atoms with E-state index in [-0.39, 0.29) is 5.38 Å². The van der Waals surface area contributed by atoms with Crippen LogP contribution in [0, 0.1) is 11.8 Å². The number of nitrogens with one attached hydrogen (secondary N) is 5. The molecule has 3 aliphatic rings. The van der Waals surface area contributed by atoms with Crippen molar-refractivity contribution in [3.63, 3.8) is 0 Å². The predicted octanol–water partition coefficient (Wildman–Crippen LogP) is 5.02. The van der Waals surface area contributed by atoms with E-state index in [1.165, 1.54) is 35.0 Å². The molecule has 3 aromatic rings. The van der Waals surface area contributed by atoms with Crippen LogP contribution in [-0.4, -0.2) is 108 Å². The number of benzene rings is 1. The molecule has 6 unspecified atom stereocenters. The van der Waals surface area contributed by atoms with Crippen molar-refractivity contribution >= 4 is 34.3 Å². The van der Waals surface area contributed by atoms with Crippen molar-refractivity contribution in [2.45, 2.75) is 104 Å². The summed E-state index contributed by atoms with van der Waals surface area (Å²) in [5.74, 6) is 1.39. The summed E-state index contributed by atoms with van der Waals surface area (Å²) in [5, 5.41) is 18.3. The van der Waals surface area contributed by atoms with Crippen LogP contribution in [0.15, 0.2) is 54.9 Å². The van der Waals surface area contributed by atoms with Gasteiger partial charge in [-0.3, -0.25) is 4.98 Å². The molecule has 288 valence electrons. The first-order chi connectivity index (χ1) is 25.5. The topological polar surface area (TPSA) is 132 Å². The number of unbranched alkanes of at least 4 members (excludes halogenated alkanes) is 1. The van der Waals surface area contributed by atoms with Crippen LogP contribution in [0.1, 0.15) is 75.0 Å². The highest BCUT2D eigenvalue weighted by Gasteiger charge is 2.41. The number of nitrogens with two attached hydrogens (primary N) is 2. The van der Waals surface area contributed by atoms with E-state index in [0.29, 0.717) is 46.5 Å². The maximum Gasteiger partial charge on any atom is 0.0576 e. The predicted molar refractivity (Wildman–Crippen MR) is 221 cm³/mol. The number of hydrogen-bond acceptors (Lipinski definition) is 9. The minimum atomic E-state index is 0.0949. The van der Waals surface area contributed by atoms with Gasteiger partial charge in [0.05, 0.1) is 5.37 Å². The van der Waals surface area contributed by atoms with Crippen molar-refractivity contribution in [1.29, 1.82) is 0 Å². The van der Waals surface area contributed by atoms with E-state index in [2.05, 4.69) is 92.6 Å². The largest absolute Gasteiger partial charge is 0.361 e. The Kier molecular flexibility index (Phi) is 16.0. The van der Waals surface area contributed by atoms with Gasteiger partial charge in [-0.25, -0.2) is 0 Å². The Labute approximate surface area is 322 Å². The van der Waals surface area contributed by atoms with Crippen LogP contribution in [-0.2, 0) is 6.42 Å². The van der Waals surface area contributed by atoms with E-state index in [0.717, 1.165) is 104 Å². The number of H-pyrrole nitrogens is 1. The Morgan fingerprint density at radius 1 is 0.885 bits per heavy atom. The molecule has 2 aromatic heterocycles. The lowest BCUT2D eigenvalue weighted by Crippen LogP contribution is -2.51. The van der Waals surface area contributed by atoms with Gasteiger partial charge in [0.2, 0.25) is 0 Å². The Balaban J connectivity index is 1.28. The maximum atomic E-state index is 7.48. The van der Waals surface area contributed by atoms with E-state index in [1.807, 2.05) is 12.3 Å². The third-order valence-electron chi connectivity index (χ3n) is 12.0. The van der Waals surface area contributed by atoms with Gasteiger partial charge in [-0.05, 0) is 127 Å². The van der Waals surface area contributed by atoms with E-state index in [1.54, 1.807) is 0 Å². The van der Waals surface area contributed by atoms with Gasteiger partial charge < -0.3 is 42.6 Å². The third kappa shape index (κ3) is 11.2. The Morgan fingerprint density at radius 2 is 1.71 bits per heavy atom. The molecule has 1 aliphatic carbocycles. The molecule has 52 heavy (non-hydrogen) atoms. The summed E-state index contributed by atoms with van der Waals surface area (Å²) in [5.41, 5.74) is 15.8. The zero-order chi connectivity index (χ0) is 36.1. The molecule has 9 N–H and O–H groups in total. The summed E-state index contributed by atoms with van der Waals surface area (Å²) < 4.78 is 0. The molecule has 0 radical (unpaired) electrons. The van der Waals surface area contributed by atoms with Gasteiger partial charge in [0.15, 0.2) is 0 Å². The molecule has 0 spiro atoms. The monoisotopic (exact) mass is 751 g/mol. The second-order valence-corrected chi connectivity index (χ2v) is 17.7. The molecule has 0 bridgehead atoms. The zero-order valence-corrected chi connectivity index (χ0v) is 33.0. The lowest BCUT2D eigenvalue weighted by molar-refractivity contribution is 0.198. The van der Waals surface area contributed by atoms with Crippen molar-refractivity contribution in [2.24, 2.45) is 23.3 Å². The van der Waals surface area contributed by atoms with Crippen molar-refractivity contribution in [1.82, 2.24) is 36.1 Å². The lowest BCUT2D eigenvalue weighted by Gasteiger charge is -2.43. The first kappa shape index (κ1) is 39.9. The van der Waals surface area contributed by atoms with Crippen LogP contribution in [0.4, 0.5) is 0 Å². The van der Waals surface area contributed by atoms with E-state index >= 15 is 0 Å². The number of piperidine rings is 1. The highest BCUT2D eigenvalue weighted by atomic mass is 35.5. The van der Waals surface area contributed by atoms with Crippen molar-refractivity contribution in [3.8, 4) is 0 Å². The number of alkyl halides is 1.